The average Bonchev–Trinajstić information content (AvgIpc) is 3.52. The van der Waals surface area contributed by atoms with Crippen LogP contribution in [0.2, 0.25) is 0 Å². The fraction of sp³-hybridized carbons (Fsp3) is 0.636. The van der Waals surface area contributed by atoms with Gasteiger partial charge in [-0.3, -0.25) is 14.5 Å². The zero-order chi connectivity index (χ0) is 26.5. The zero-order valence-corrected chi connectivity index (χ0v) is 23.4. The summed E-state index contributed by atoms with van der Waals surface area (Å²) in [7, 11) is 1.68. The Kier molecular flexibility index (Phi) is 6.78. The number of rotatable bonds is 6. The number of likely N-dealkylation sites (tertiary alicyclic amines) is 1. The smallest absolute Gasteiger partial charge is 0.165 e. The third-order valence-corrected chi connectivity index (χ3v) is 11.0. The molecule has 6 rings (SSSR count). The molecule has 5 aliphatic rings. The number of fused-ring (bicyclic) bond motifs is 5. The second kappa shape index (κ2) is 9.97. The van der Waals surface area contributed by atoms with Gasteiger partial charge in [-0.15, -0.1) is 0 Å². The van der Waals surface area contributed by atoms with Crippen LogP contribution in [0.15, 0.2) is 35.4 Å². The van der Waals surface area contributed by atoms with Crippen LogP contribution >= 0.6 is 0 Å². The number of hydrogen-bond donors (Lipinski definition) is 0. The molecule has 204 valence electrons. The highest BCUT2D eigenvalue weighted by molar-refractivity contribution is 6.06. The third kappa shape index (κ3) is 4.35. The first-order valence-electron chi connectivity index (χ1n) is 14.8. The van der Waals surface area contributed by atoms with E-state index >= 15 is 0 Å². The van der Waals surface area contributed by atoms with Gasteiger partial charge in [0.2, 0.25) is 0 Å². The summed E-state index contributed by atoms with van der Waals surface area (Å²) in [5.74, 6) is 3.66. The van der Waals surface area contributed by atoms with Crippen molar-refractivity contribution < 1.29 is 19.1 Å². The molecule has 3 saturated carbocycles. The van der Waals surface area contributed by atoms with E-state index in [9.17, 15) is 9.59 Å². The van der Waals surface area contributed by atoms with Gasteiger partial charge in [0, 0.05) is 18.4 Å². The molecular formula is C33H43NO4. The minimum absolute atomic E-state index is 0.131. The molecule has 0 bridgehead atoms. The predicted molar refractivity (Wildman–Crippen MR) is 149 cm³/mol. The lowest BCUT2D eigenvalue weighted by molar-refractivity contribution is -0.130. The van der Waals surface area contributed by atoms with E-state index in [0.29, 0.717) is 42.3 Å². The Morgan fingerprint density at radius 2 is 1.82 bits per heavy atom. The van der Waals surface area contributed by atoms with Crippen LogP contribution in [0.25, 0.3) is 6.08 Å². The number of carbonyl (C=O) groups is 2. The van der Waals surface area contributed by atoms with Crippen molar-refractivity contribution in [1.82, 2.24) is 4.90 Å². The molecule has 3 unspecified atom stereocenters. The maximum Gasteiger partial charge on any atom is 0.165 e. The van der Waals surface area contributed by atoms with Crippen molar-refractivity contribution in [3.05, 3.63) is 41.0 Å². The van der Waals surface area contributed by atoms with Crippen molar-refractivity contribution in [2.45, 2.75) is 71.6 Å². The summed E-state index contributed by atoms with van der Waals surface area (Å²) in [6.07, 6.45) is 13.3. The van der Waals surface area contributed by atoms with E-state index < -0.39 is 0 Å². The minimum atomic E-state index is -0.266. The lowest BCUT2D eigenvalue weighted by Gasteiger charge is -2.56. The number of hydrogen-bond acceptors (Lipinski definition) is 5. The Bertz CT molecular complexity index is 1180. The molecule has 1 aliphatic heterocycles. The molecule has 5 nitrogen and oxygen atoms in total. The lowest BCUT2D eigenvalue weighted by Crippen LogP contribution is -2.50. The lowest BCUT2D eigenvalue weighted by atomic mass is 9.47. The SMILES string of the molecule is COc1cc(/C=C2\CC3C4CCC5=CC(=O)CC[C@]5(C)C4CC[C@]3(C)C2=O)ccc1OCCN1CCCC1. The van der Waals surface area contributed by atoms with E-state index in [0.717, 1.165) is 67.7 Å². The van der Waals surface area contributed by atoms with E-state index in [2.05, 4.69) is 30.9 Å². The summed E-state index contributed by atoms with van der Waals surface area (Å²) in [6, 6.07) is 6.05. The molecule has 0 aromatic heterocycles. The number of carbonyl (C=O) groups excluding carboxylic acids is 2. The van der Waals surface area contributed by atoms with Crippen molar-refractivity contribution in [1.29, 1.82) is 0 Å². The number of nitrogens with zero attached hydrogens (tertiary/aromatic N) is 1. The number of Topliss-reactive ketones (excluding diaryl/α,β-unsaturated/α-hetero) is 1. The molecule has 5 heteroatoms. The van der Waals surface area contributed by atoms with E-state index in [4.69, 9.17) is 9.47 Å². The first-order chi connectivity index (χ1) is 18.3. The molecule has 4 aliphatic carbocycles. The Labute approximate surface area is 227 Å². The standard InChI is InChI=1S/C33H43NO4/c1-32-12-10-25(35)21-24(32)7-8-26-27(32)11-13-33(2)28(26)20-23(31(33)36)18-22-6-9-29(30(19-22)37-3)38-17-16-34-14-4-5-15-34/h6,9,18-19,21,26-28H,4-5,7-8,10-17,20H2,1-3H3/b23-18+/t26?,27?,28?,32-,33-/m0/s1. The molecule has 38 heavy (non-hydrogen) atoms. The molecule has 0 N–H and O–H groups in total. The number of allylic oxidation sites excluding steroid dienone is 2. The summed E-state index contributed by atoms with van der Waals surface area (Å²) < 4.78 is 11.7. The Morgan fingerprint density at radius 1 is 1.00 bits per heavy atom. The van der Waals surface area contributed by atoms with Gasteiger partial charge in [-0.2, -0.15) is 0 Å². The molecule has 5 atom stereocenters. The van der Waals surface area contributed by atoms with E-state index in [-0.39, 0.29) is 10.8 Å². The predicted octanol–water partition coefficient (Wildman–Crippen LogP) is 6.26. The van der Waals surface area contributed by atoms with Crippen molar-refractivity contribution in [3.63, 3.8) is 0 Å². The molecule has 1 aromatic rings. The van der Waals surface area contributed by atoms with E-state index in [1.54, 1.807) is 7.11 Å². The van der Waals surface area contributed by atoms with Crippen LogP contribution in [-0.2, 0) is 9.59 Å². The largest absolute Gasteiger partial charge is 0.493 e. The maximum absolute atomic E-state index is 13.8. The van der Waals surface area contributed by atoms with Gasteiger partial charge in [-0.05, 0) is 123 Å². The Hall–Kier alpha value is -2.40. The minimum Gasteiger partial charge on any atom is -0.493 e. The summed E-state index contributed by atoms with van der Waals surface area (Å²) in [4.78, 5) is 28.4. The van der Waals surface area contributed by atoms with Crippen LogP contribution in [0, 0.1) is 28.6 Å². The van der Waals surface area contributed by atoms with Crippen molar-refractivity contribution in [2.75, 3.05) is 33.4 Å². The summed E-state index contributed by atoms with van der Waals surface area (Å²) in [6.45, 7) is 8.56. The Morgan fingerprint density at radius 3 is 2.61 bits per heavy atom. The van der Waals surface area contributed by atoms with Gasteiger partial charge in [0.25, 0.3) is 0 Å². The van der Waals surface area contributed by atoms with Gasteiger partial charge in [0.1, 0.15) is 6.61 Å². The van der Waals surface area contributed by atoms with Gasteiger partial charge in [-0.25, -0.2) is 0 Å². The molecule has 0 radical (unpaired) electrons. The van der Waals surface area contributed by atoms with Gasteiger partial charge in [0.15, 0.2) is 23.1 Å². The molecule has 1 aromatic carbocycles. The molecule has 0 amide bonds. The van der Waals surface area contributed by atoms with E-state index in [1.807, 2.05) is 18.2 Å². The normalized spacial score (nSPS) is 36.0. The maximum atomic E-state index is 13.8. The van der Waals surface area contributed by atoms with Crippen molar-refractivity contribution >= 4 is 17.6 Å². The van der Waals surface area contributed by atoms with E-state index in [1.165, 1.54) is 31.5 Å². The second-order valence-electron chi connectivity index (χ2n) is 12.9. The highest BCUT2D eigenvalue weighted by Crippen LogP contribution is 2.65. The summed E-state index contributed by atoms with van der Waals surface area (Å²) in [5.41, 5.74) is 3.22. The van der Waals surface area contributed by atoms with Crippen molar-refractivity contribution in [2.24, 2.45) is 28.6 Å². The number of methoxy groups -OCH3 is 1. The molecule has 4 fully saturated rings. The van der Waals surface area contributed by atoms with Gasteiger partial charge in [0.05, 0.1) is 7.11 Å². The van der Waals surface area contributed by atoms with Gasteiger partial charge in [-0.1, -0.05) is 25.5 Å². The molecular weight excluding hydrogens is 474 g/mol. The fourth-order valence-corrected chi connectivity index (χ4v) is 8.74. The van der Waals surface area contributed by atoms with Crippen molar-refractivity contribution in [3.8, 4) is 11.5 Å². The van der Waals surface area contributed by atoms with Crippen LogP contribution in [0.5, 0.6) is 11.5 Å². The average molecular weight is 518 g/mol. The molecule has 1 heterocycles. The van der Waals surface area contributed by atoms with Crippen LogP contribution in [-0.4, -0.2) is 49.8 Å². The first kappa shape index (κ1) is 25.9. The number of ether oxygens (including phenoxy) is 2. The van der Waals surface area contributed by atoms with Gasteiger partial charge >= 0.3 is 0 Å². The zero-order valence-electron chi connectivity index (χ0n) is 23.4. The van der Waals surface area contributed by atoms with Crippen LogP contribution in [0.1, 0.15) is 77.2 Å². The topological polar surface area (TPSA) is 55.8 Å². The van der Waals surface area contributed by atoms with Crippen LogP contribution in [0.3, 0.4) is 0 Å². The van der Waals surface area contributed by atoms with Crippen LogP contribution in [0.4, 0.5) is 0 Å². The number of ketones is 2. The monoisotopic (exact) mass is 517 g/mol. The highest BCUT2D eigenvalue weighted by Gasteiger charge is 2.60. The van der Waals surface area contributed by atoms with Gasteiger partial charge < -0.3 is 9.47 Å². The first-order valence-corrected chi connectivity index (χ1v) is 14.8. The quantitative estimate of drug-likeness (QED) is 0.417. The molecule has 0 spiro atoms. The number of benzene rings is 1. The summed E-state index contributed by atoms with van der Waals surface area (Å²) >= 11 is 0. The second-order valence-corrected chi connectivity index (χ2v) is 12.9. The molecule has 1 saturated heterocycles. The fourth-order valence-electron chi connectivity index (χ4n) is 8.74. The van der Waals surface area contributed by atoms with Crippen LogP contribution < -0.4 is 9.47 Å². The Balaban J connectivity index is 1.20. The summed E-state index contributed by atoms with van der Waals surface area (Å²) in [5, 5.41) is 0. The highest BCUT2D eigenvalue weighted by atomic mass is 16.5. The third-order valence-electron chi connectivity index (χ3n) is 11.0.